The molecule has 0 amide bonds. The van der Waals surface area contributed by atoms with Crippen molar-refractivity contribution >= 4 is 29.0 Å². The Morgan fingerprint density at radius 2 is 1.46 bits per heavy atom. The molecule has 3 aromatic rings. The third-order valence-corrected chi connectivity index (χ3v) is 4.00. The minimum Gasteiger partial charge on any atom is -0.478 e. The molecular weight excluding hydrogens is 328 g/mol. The van der Waals surface area contributed by atoms with Crippen LogP contribution in [0.15, 0.2) is 48.8 Å². The fraction of sp³-hybridized carbons (Fsp3) is 0.150. The highest BCUT2D eigenvalue weighted by Crippen LogP contribution is 2.26. The summed E-state index contributed by atoms with van der Waals surface area (Å²) in [7, 11) is 0. The smallest absolute Gasteiger partial charge is 0.335 e. The van der Waals surface area contributed by atoms with Crippen molar-refractivity contribution in [2.75, 3.05) is 10.6 Å². The van der Waals surface area contributed by atoms with Crippen molar-refractivity contribution in [1.82, 2.24) is 9.97 Å². The molecule has 26 heavy (non-hydrogen) atoms. The molecule has 0 aliphatic carbocycles. The van der Waals surface area contributed by atoms with Crippen LogP contribution in [0.1, 0.15) is 27.0 Å². The first-order valence-corrected chi connectivity index (χ1v) is 8.19. The van der Waals surface area contributed by atoms with E-state index in [1.54, 1.807) is 24.3 Å². The first kappa shape index (κ1) is 17.4. The zero-order chi connectivity index (χ0) is 18.7. The maximum Gasteiger partial charge on any atom is 0.335 e. The molecule has 0 atom stereocenters. The number of hydrogen-bond donors (Lipinski definition) is 3. The number of aromatic nitrogens is 2. The Hall–Kier alpha value is -3.41. The number of hydrogen-bond acceptors (Lipinski definition) is 5. The van der Waals surface area contributed by atoms with Gasteiger partial charge in [0.1, 0.15) is 18.0 Å². The Balaban J connectivity index is 1.79. The van der Waals surface area contributed by atoms with E-state index in [0.717, 1.165) is 22.5 Å². The van der Waals surface area contributed by atoms with Gasteiger partial charge in [0, 0.05) is 17.4 Å². The monoisotopic (exact) mass is 348 g/mol. The topological polar surface area (TPSA) is 87.1 Å². The van der Waals surface area contributed by atoms with E-state index in [-0.39, 0.29) is 5.56 Å². The summed E-state index contributed by atoms with van der Waals surface area (Å²) in [5.41, 5.74) is 5.56. The van der Waals surface area contributed by atoms with Gasteiger partial charge in [-0.3, -0.25) is 0 Å². The molecule has 0 fully saturated rings. The molecular formula is C20H20N4O2. The lowest BCUT2D eigenvalue weighted by molar-refractivity contribution is 0.0697. The van der Waals surface area contributed by atoms with Gasteiger partial charge in [-0.15, -0.1) is 0 Å². The fourth-order valence-electron chi connectivity index (χ4n) is 2.84. The number of anilines is 4. The molecule has 1 aromatic heterocycles. The lowest BCUT2D eigenvalue weighted by Gasteiger charge is -2.14. The number of rotatable bonds is 5. The van der Waals surface area contributed by atoms with Crippen molar-refractivity contribution in [3.05, 3.63) is 71.0 Å². The molecule has 6 nitrogen and oxygen atoms in total. The Kier molecular flexibility index (Phi) is 4.84. The van der Waals surface area contributed by atoms with E-state index in [4.69, 9.17) is 5.11 Å². The predicted molar refractivity (Wildman–Crippen MR) is 103 cm³/mol. The second kappa shape index (κ2) is 7.23. The van der Waals surface area contributed by atoms with Gasteiger partial charge in [0.2, 0.25) is 0 Å². The van der Waals surface area contributed by atoms with Crippen LogP contribution >= 0.6 is 0 Å². The van der Waals surface area contributed by atoms with E-state index in [1.807, 2.05) is 6.07 Å². The van der Waals surface area contributed by atoms with E-state index in [0.29, 0.717) is 11.6 Å². The van der Waals surface area contributed by atoms with Crippen LogP contribution < -0.4 is 10.6 Å². The van der Waals surface area contributed by atoms with Crippen molar-refractivity contribution in [2.45, 2.75) is 20.8 Å². The minimum absolute atomic E-state index is 0.242. The molecule has 2 aromatic carbocycles. The van der Waals surface area contributed by atoms with Gasteiger partial charge in [-0.2, -0.15) is 0 Å². The molecule has 0 saturated carbocycles. The summed E-state index contributed by atoms with van der Waals surface area (Å²) in [4.78, 5) is 19.4. The van der Waals surface area contributed by atoms with Gasteiger partial charge in [0.25, 0.3) is 0 Å². The lowest BCUT2D eigenvalue weighted by atomic mass is 10.1. The quantitative estimate of drug-likeness (QED) is 0.625. The molecule has 0 saturated heterocycles. The Morgan fingerprint density at radius 3 is 2.04 bits per heavy atom. The third-order valence-electron chi connectivity index (χ3n) is 4.00. The standard InChI is InChI=1S/C20H20N4O2/c1-12-8-13(2)19(14(3)9-12)24-18-10-17(21-11-22-18)23-16-6-4-15(5-7-16)20(25)26/h4-11H,1-3H3,(H,25,26)(H2,21,22,23,24). The Bertz CT molecular complexity index is 929. The highest BCUT2D eigenvalue weighted by Gasteiger charge is 2.07. The summed E-state index contributed by atoms with van der Waals surface area (Å²) in [5, 5.41) is 15.5. The van der Waals surface area contributed by atoms with Crippen LogP contribution in [0.2, 0.25) is 0 Å². The molecule has 132 valence electrons. The van der Waals surface area contributed by atoms with E-state index in [1.165, 1.54) is 11.9 Å². The second-order valence-corrected chi connectivity index (χ2v) is 6.19. The van der Waals surface area contributed by atoms with Crippen molar-refractivity contribution < 1.29 is 9.90 Å². The first-order chi connectivity index (χ1) is 12.4. The molecule has 3 rings (SSSR count). The van der Waals surface area contributed by atoms with Crippen LogP contribution in [0.4, 0.5) is 23.0 Å². The first-order valence-electron chi connectivity index (χ1n) is 8.19. The average molecular weight is 348 g/mol. The Morgan fingerprint density at radius 1 is 0.885 bits per heavy atom. The van der Waals surface area contributed by atoms with Crippen molar-refractivity contribution in [3.63, 3.8) is 0 Å². The van der Waals surface area contributed by atoms with Gasteiger partial charge in [-0.1, -0.05) is 17.7 Å². The van der Waals surface area contributed by atoms with Crippen LogP contribution in [0.25, 0.3) is 0 Å². The Labute approximate surface area is 152 Å². The maximum atomic E-state index is 10.9. The van der Waals surface area contributed by atoms with Crippen LogP contribution in [0.5, 0.6) is 0 Å². The lowest BCUT2D eigenvalue weighted by Crippen LogP contribution is -2.01. The molecule has 0 aliphatic rings. The van der Waals surface area contributed by atoms with Gasteiger partial charge >= 0.3 is 5.97 Å². The van der Waals surface area contributed by atoms with E-state index in [2.05, 4.69) is 53.5 Å². The molecule has 3 N–H and O–H groups in total. The zero-order valence-electron chi connectivity index (χ0n) is 14.9. The molecule has 6 heteroatoms. The number of benzene rings is 2. The van der Waals surface area contributed by atoms with Crippen LogP contribution in [0.3, 0.4) is 0 Å². The van der Waals surface area contributed by atoms with Gasteiger partial charge in [-0.25, -0.2) is 14.8 Å². The highest BCUT2D eigenvalue weighted by molar-refractivity contribution is 5.88. The number of carboxylic acid groups (broad SMARTS) is 1. The molecule has 0 unspecified atom stereocenters. The number of nitrogens with one attached hydrogen (secondary N) is 2. The number of nitrogens with zero attached hydrogens (tertiary/aromatic N) is 2. The van der Waals surface area contributed by atoms with Gasteiger partial charge in [0.15, 0.2) is 0 Å². The van der Waals surface area contributed by atoms with Gasteiger partial charge in [-0.05, 0) is 56.2 Å². The third kappa shape index (κ3) is 3.97. The molecule has 0 aliphatic heterocycles. The van der Waals surface area contributed by atoms with Gasteiger partial charge < -0.3 is 15.7 Å². The molecule has 0 bridgehead atoms. The summed E-state index contributed by atoms with van der Waals surface area (Å²) < 4.78 is 0. The van der Waals surface area contributed by atoms with E-state index >= 15 is 0 Å². The summed E-state index contributed by atoms with van der Waals surface area (Å²) in [6.07, 6.45) is 1.48. The normalized spacial score (nSPS) is 10.4. The van der Waals surface area contributed by atoms with Gasteiger partial charge in [0.05, 0.1) is 5.56 Å². The number of aromatic carboxylic acids is 1. The van der Waals surface area contributed by atoms with E-state index < -0.39 is 5.97 Å². The van der Waals surface area contributed by atoms with Crippen molar-refractivity contribution in [3.8, 4) is 0 Å². The summed E-state index contributed by atoms with van der Waals surface area (Å²) in [5.74, 6) is 0.349. The van der Waals surface area contributed by atoms with Crippen molar-refractivity contribution in [2.24, 2.45) is 0 Å². The van der Waals surface area contributed by atoms with E-state index in [9.17, 15) is 4.79 Å². The molecule has 0 spiro atoms. The summed E-state index contributed by atoms with van der Waals surface area (Å²) in [6.45, 7) is 6.20. The largest absolute Gasteiger partial charge is 0.478 e. The highest BCUT2D eigenvalue weighted by atomic mass is 16.4. The second-order valence-electron chi connectivity index (χ2n) is 6.19. The SMILES string of the molecule is Cc1cc(C)c(Nc2cc(Nc3ccc(C(=O)O)cc3)ncn2)c(C)c1. The number of carboxylic acids is 1. The maximum absolute atomic E-state index is 10.9. The fourth-order valence-corrected chi connectivity index (χ4v) is 2.84. The average Bonchev–Trinajstić information content (AvgIpc) is 2.59. The summed E-state index contributed by atoms with van der Waals surface area (Å²) >= 11 is 0. The molecule has 0 radical (unpaired) electrons. The minimum atomic E-state index is -0.950. The van der Waals surface area contributed by atoms with Crippen molar-refractivity contribution in [1.29, 1.82) is 0 Å². The predicted octanol–water partition coefficient (Wildman–Crippen LogP) is 4.59. The van der Waals surface area contributed by atoms with Crippen LogP contribution in [-0.2, 0) is 0 Å². The zero-order valence-corrected chi connectivity index (χ0v) is 14.9. The molecule has 1 heterocycles. The van der Waals surface area contributed by atoms with Crippen LogP contribution in [-0.4, -0.2) is 21.0 Å². The summed E-state index contributed by atoms with van der Waals surface area (Å²) in [6, 6.07) is 12.6. The van der Waals surface area contributed by atoms with Crippen LogP contribution in [0, 0.1) is 20.8 Å². The number of aryl methyl sites for hydroxylation is 3. The number of carbonyl (C=O) groups is 1.